The Morgan fingerprint density at radius 3 is 2.57 bits per heavy atom. The van der Waals surface area contributed by atoms with Gasteiger partial charge in [0.15, 0.2) is 0 Å². The van der Waals surface area contributed by atoms with Crippen molar-refractivity contribution in [1.82, 2.24) is 10.2 Å². The van der Waals surface area contributed by atoms with Gasteiger partial charge in [-0.25, -0.2) is 4.79 Å². The smallest absolute Gasteiger partial charge is 0.411 e. The van der Waals surface area contributed by atoms with Gasteiger partial charge in [-0.05, 0) is 12.5 Å². The van der Waals surface area contributed by atoms with Gasteiger partial charge in [0, 0.05) is 13.5 Å². The van der Waals surface area contributed by atoms with Crippen molar-refractivity contribution in [3.63, 3.8) is 0 Å². The fourth-order valence-electron chi connectivity index (χ4n) is 2.79. The molecule has 0 saturated heterocycles. The van der Waals surface area contributed by atoms with Gasteiger partial charge >= 0.3 is 6.09 Å². The predicted octanol–water partition coefficient (Wildman–Crippen LogP) is 1.74. The molecule has 0 bridgehead atoms. The Bertz CT molecular complexity index is 556. The summed E-state index contributed by atoms with van der Waals surface area (Å²) in [7, 11) is 2.89. The van der Waals surface area contributed by atoms with Crippen LogP contribution in [0.1, 0.15) is 12.5 Å². The van der Waals surface area contributed by atoms with Crippen LogP contribution in [0.25, 0.3) is 0 Å². The Labute approximate surface area is 124 Å². The molecule has 1 heterocycles. The van der Waals surface area contributed by atoms with E-state index >= 15 is 0 Å². The maximum absolute atomic E-state index is 12.5. The third-order valence-corrected chi connectivity index (χ3v) is 3.80. The number of rotatable bonds is 3. The lowest BCUT2D eigenvalue weighted by Crippen LogP contribution is -2.60. The molecule has 5 nitrogen and oxygen atoms in total. The third-order valence-electron chi connectivity index (χ3n) is 3.80. The third kappa shape index (κ3) is 2.63. The van der Waals surface area contributed by atoms with E-state index in [2.05, 4.69) is 5.32 Å². The number of amides is 2. The Hall–Kier alpha value is -2.30. The van der Waals surface area contributed by atoms with Crippen LogP contribution in [0.5, 0.6) is 0 Å². The van der Waals surface area contributed by atoms with Gasteiger partial charge in [0.2, 0.25) is 5.91 Å². The van der Waals surface area contributed by atoms with Crippen LogP contribution in [0.15, 0.2) is 42.5 Å². The van der Waals surface area contributed by atoms with Crippen LogP contribution in [0.2, 0.25) is 0 Å². The fourth-order valence-corrected chi connectivity index (χ4v) is 2.79. The number of hydrogen-bond acceptors (Lipinski definition) is 3. The SMILES string of the molecule is CNC(=O)[C@@]1(Cc2ccccc2)C=C[C@@H](C)N1C(=O)OC. The largest absolute Gasteiger partial charge is 0.453 e. The molecular formula is C16H20N2O3. The van der Waals surface area contributed by atoms with Crippen LogP contribution in [0, 0.1) is 0 Å². The molecular weight excluding hydrogens is 268 g/mol. The van der Waals surface area contributed by atoms with Gasteiger partial charge in [-0.2, -0.15) is 0 Å². The molecule has 0 fully saturated rings. The van der Waals surface area contributed by atoms with Crippen LogP contribution in [0.4, 0.5) is 4.79 Å². The molecule has 0 aliphatic carbocycles. The van der Waals surface area contributed by atoms with Gasteiger partial charge in [0.25, 0.3) is 0 Å². The summed E-state index contributed by atoms with van der Waals surface area (Å²) in [6, 6.07) is 9.43. The van der Waals surface area contributed by atoms with Crippen molar-refractivity contribution in [3.05, 3.63) is 48.0 Å². The number of ether oxygens (including phenoxy) is 1. The van der Waals surface area contributed by atoms with E-state index in [4.69, 9.17) is 4.74 Å². The number of nitrogens with one attached hydrogen (secondary N) is 1. The Morgan fingerprint density at radius 1 is 1.33 bits per heavy atom. The normalized spacial score (nSPS) is 24.0. The second kappa shape index (κ2) is 5.99. The molecule has 1 aromatic rings. The molecule has 0 spiro atoms. The second-order valence-electron chi connectivity index (χ2n) is 5.11. The molecule has 1 aliphatic rings. The number of nitrogens with zero attached hydrogens (tertiary/aromatic N) is 1. The topological polar surface area (TPSA) is 58.6 Å². The lowest BCUT2D eigenvalue weighted by Gasteiger charge is -2.37. The van der Waals surface area contributed by atoms with E-state index in [-0.39, 0.29) is 11.9 Å². The average molecular weight is 288 g/mol. The summed E-state index contributed by atoms with van der Waals surface area (Å²) in [5, 5.41) is 2.66. The average Bonchev–Trinajstić information content (AvgIpc) is 2.84. The first-order valence-electron chi connectivity index (χ1n) is 6.88. The molecule has 112 valence electrons. The first-order chi connectivity index (χ1) is 10.0. The van der Waals surface area contributed by atoms with Gasteiger partial charge in [0.1, 0.15) is 5.54 Å². The highest BCUT2D eigenvalue weighted by Gasteiger charge is 2.49. The first-order valence-corrected chi connectivity index (χ1v) is 6.88. The van der Waals surface area contributed by atoms with Gasteiger partial charge in [-0.1, -0.05) is 42.5 Å². The van der Waals surface area contributed by atoms with Crippen molar-refractivity contribution >= 4 is 12.0 Å². The monoisotopic (exact) mass is 288 g/mol. The summed E-state index contributed by atoms with van der Waals surface area (Å²) in [5.74, 6) is -0.225. The van der Waals surface area contributed by atoms with Crippen molar-refractivity contribution < 1.29 is 14.3 Å². The molecule has 0 unspecified atom stereocenters. The van der Waals surface area contributed by atoms with Gasteiger partial charge in [0.05, 0.1) is 13.2 Å². The van der Waals surface area contributed by atoms with E-state index < -0.39 is 11.6 Å². The molecule has 1 aromatic carbocycles. The van der Waals surface area contributed by atoms with E-state index in [9.17, 15) is 9.59 Å². The molecule has 1 aliphatic heterocycles. The second-order valence-corrected chi connectivity index (χ2v) is 5.11. The van der Waals surface area contributed by atoms with E-state index in [1.54, 1.807) is 13.1 Å². The molecule has 21 heavy (non-hydrogen) atoms. The standard InChI is InChI=1S/C16H20N2O3/c1-12-9-10-16(14(19)17-2,18(12)15(20)21-3)11-13-7-5-4-6-8-13/h4-10,12H,11H2,1-3H3,(H,17,19)/t12-,16+/m1/s1. The van der Waals surface area contributed by atoms with E-state index in [0.29, 0.717) is 6.42 Å². The van der Waals surface area contributed by atoms with Gasteiger partial charge in [-0.15, -0.1) is 0 Å². The summed E-state index contributed by atoms with van der Waals surface area (Å²) in [4.78, 5) is 26.1. The number of carbonyl (C=O) groups is 2. The van der Waals surface area contributed by atoms with Crippen molar-refractivity contribution in [2.24, 2.45) is 0 Å². The van der Waals surface area contributed by atoms with Crippen molar-refractivity contribution in [1.29, 1.82) is 0 Å². The highest BCUT2D eigenvalue weighted by molar-refractivity contribution is 5.93. The zero-order valence-corrected chi connectivity index (χ0v) is 12.5. The molecule has 2 rings (SSSR count). The fraction of sp³-hybridized carbons (Fsp3) is 0.375. The highest BCUT2D eigenvalue weighted by Crippen LogP contribution is 2.32. The predicted molar refractivity (Wildman–Crippen MR) is 79.8 cm³/mol. The number of benzene rings is 1. The molecule has 1 N–H and O–H groups in total. The molecule has 2 atom stereocenters. The summed E-state index contributed by atoms with van der Waals surface area (Å²) >= 11 is 0. The summed E-state index contributed by atoms with van der Waals surface area (Å²) < 4.78 is 4.86. The van der Waals surface area contributed by atoms with Crippen LogP contribution in [-0.4, -0.2) is 42.6 Å². The highest BCUT2D eigenvalue weighted by atomic mass is 16.5. The molecule has 0 aromatic heterocycles. The lowest BCUT2D eigenvalue weighted by atomic mass is 9.89. The first kappa shape index (κ1) is 15.1. The minimum absolute atomic E-state index is 0.196. The summed E-state index contributed by atoms with van der Waals surface area (Å²) in [5.41, 5.74) is -0.0726. The zero-order chi connectivity index (χ0) is 15.5. The Kier molecular flexibility index (Phi) is 4.31. The van der Waals surface area contributed by atoms with Crippen LogP contribution >= 0.6 is 0 Å². The summed E-state index contributed by atoms with van der Waals surface area (Å²) in [6.07, 6.45) is 3.55. The number of carbonyl (C=O) groups excluding carboxylic acids is 2. The van der Waals surface area contributed by atoms with Crippen LogP contribution < -0.4 is 5.32 Å². The Morgan fingerprint density at radius 2 is 2.00 bits per heavy atom. The van der Waals surface area contributed by atoms with E-state index in [1.165, 1.54) is 12.0 Å². The van der Waals surface area contributed by atoms with Gasteiger partial charge in [-0.3, -0.25) is 9.69 Å². The zero-order valence-electron chi connectivity index (χ0n) is 12.5. The lowest BCUT2D eigenvalue weighted by molar-refractivity contribution is -0.129. The molecule has 0 saturated carbocycles. The number of hydrogen-bond donors (Lipinski definition) is 1. The maximum Gasteiger partial charge on any atom is 0.411 e. The van der Waals surface area contributed by atoms with Crippen molar-refractivity contribution in [2.75, 3.05) is 14.2 Å². The van der Waals surface area contributed by atoms with E-state index in [1.807, 2.05) is 43.3 Å². The van der Waals surface area contributed by atoms with E-state index in [0.717, 1.165) is 5.56 Å². The Balaban J connectivity index is 2.44. The van der Waals surface area contributed by atoms with Crippen LogP contribution in [-0.2, 0) is 16.0 Å². The molecule has 0 radical (unpaired) electrons. The number of likely N-dealkylation sites (N-methyl/N-ethyl adjacent to an activating group) is 1. The molecule has 5 heteroatoms. The van der Waals surface area contributed by atoms with Crippen molar-refractivity contribution in [2.45, 2.75) is 24.9 Å². The minimum Gasteiger partial charge on any atom is -0.453 e. The number of methoxy groups -OCH3 is 1. The maximum atomic E-state index is 12.5. The minimum atomic E-state index is -1.05. The van der Waals surface area contributed by atoms with Gasteiger partial charge < -0.3 is 10.1 Å². The quantitative estimate of drug-likeness (QED) is 0.862. The molecule has 2 amide bonds. The van der Waals surface area contributed by atoms with Crippen molar-refractivity contribution in [3.8, 4) is 0 Å². The van der Waals surface area contributed by atoms with Crippen LogP contribution in [0.3, 0.4) is 0 Å². The summed E-state index contributed by atoms with van der Waals surface area (Å²) in [6.45, 7) is 1.86.